The molecular weight excluding hydrogens is 284 g/mol. The molecule has 0 saturated carbocycles. The van der Waals surface area contributed by atoms with Crippen molar-refractivity contribution in [1.29, 1.82) is 0 Å². The van der Waals surface area contributed by atoms with Crippen molar-refractivity contribution in [2.75, 3.05) is 0 Å². The van der Waals surface area contributed by atoms with Crippen LogP contribution in [-0.2, 0) is 6.54 Å². The Morgan fingerprint density at radius 3 is 2.26 bits per heavy atom. The molecule has 0 spiro atoms. The Labute approximate surface area is 137 Å². The van der Waals surface area contributed by atoms with E-state index >= 15 is 0 Å². The van der Waals surface area contributed by atoms with Gasteiger partial charge in [-0.15, -0.1) is 0 Å². The molecule has 0 bridgehead atoms. The summed E-state index contributed by atoms with van der Waals surface area (Å²) in [6.07, 6.45) is 1.54. The fourth-order valence-corrected chi connectivity index (χ4v) is 2.72. The Kier molecular flexibility index (Phi) is 4.91. The summed E-state index contributed by atoms with van der Waals surface area (Å²) in [5.41, 5.74) is 3.25. The molecule has 2 aromatic carbocycles. The number of benzene rings is 2. The molecule has 23 heavy (non-hydrogen) atoms. The summed E-state index contributed by atoms with van der Waals surface area (Å²) in [6, 6.07) is 24.1. The number of aliphatic hydroxyl groups is 1. The molecule has 0 aliphatic heterocycles. The number of hydrogen-bond donors (Lipinski definition) is 2. The average Bonchev–Trinajstić information content (AvgIpc) is 3.09. The Hall–Kier alpha value is -2.36. The number of para-hydroxylation sites is 1. The van der Waals surface area contributed by atoms with Crippen molar-refractivity contribution in [3.63, 3.8) is 0 Å². The van der Waals surface area contributed by atoms with E-state index in [9.17, 15) is 5.11 Å². The number of aliphatic hydroxyl groups excluding tert-OH is 1. The van der Waals surface area contributed by atoms with Crippen LogP contribution in [0.4, 0.5) is 0 Å². The maximum Gasteiger partial charge on any atom is 0.0940 e. The Bertz CT molecular complexity index is 722. The van der Waals surface area contributed by atoms with Gasteiger partial charge in [-0.1, -0.05) is 48.5 Å². The van der Waals surface area contributed by atoms with Crippen molar-refractivity contribution in [3.05, 3.63) is 90.3 Å². The second kappa shape index (κ2) is 7.27. The van der Waals surface area contributed by atoms with E-state index in [0.717, 1.165) is 11.3 Å². The zero-order chi connectivity index (χ0) is 16.1. The summed E-state index contributed by atoms with van der Waals surface area (Å²) in [7, 11) is 0. The van der Waals surface area contributed by atoms with Crippen LogP contribution in [0.3, 0.4) is 0 Å². The van der Waals surface area contributed by atoms with Gasteiger partial charge in [-0.25, -0.2) is 0 Å². The molecule has 3 heteroatoms. The van der Waals surface area contributed by atoms with E-state index in [-0.39, 0.29) is 6.04 Å². The first-order chi connectivity index (χ1) is 11.3. The smallest absolute Gasteiger partial charge is 0.0940 e. The van der Waals surface area contributed by atoms with Crippen molar-refractivity contribution in [2.24, 2.45) is 0 Å². The second-order valence-corrected chi connectivity index (χ2v) is 5.73. The standard InChI is InChI=1S/C20H22N2O/c1-16(20(23)17-9-4-2-5-10-17)21-15-19-13-8-14-22(19)18-11-6-3-7-12-18/h2-14,16,20-21,23H,15H2,1H3/t16-,20-/m0/s1. The summed E-state index contributed by atoms with van der Waals surface area (Å²) in [4.78, 5) is 0. The van der Waals surface area contributed by atoms with Crippen LogP contribution in [0, 0.1) is 0 Å². The highest BCUT2D eigenvalue weighted by molar-refractivity contribution is 5.34. The zero-order valence-corrected chi connectivity index (χ0v) is 13.3. The van der Waals surface area contributed by atoms with E-state index in [1.54, 1.807) is 0 Å². The number of nitrogens with zero attached hydrogens (tertiary/aromatic N) is 1. The Morgan fingerprint density at radius 2 is 1.57 bits per heavy atom. The van der Waals surface area contributed by atoms with Gasteiger partial charge in [-0.3, -0.25) is 0 Å². The molecule has 1 heterocycles. The van der Waals surface area contributed by atoms with Crippen LogP contribution < -0.4 is 5.32 Å². The number of hydrogen-bond acceptors (Lipinski definition) is 2. The number of aromatic nitrogens is 1. The van der Waals surface area contributed by atoms with Gasteiger partial charge in [0.05, 0.1) is 6.10 Å². The molecule has 3 aromatic rings. The minimum Gasteiger partial charge on any atom is -0.387 e. The quantitative estimate of drug-likeness (QED) is 0.729. The van der Waals surface area contributed by atoms with Crippen LogP contribution in [0.5, 0.6) is 0 Å². The first kappa shape index (κ1) is 15.5. The minimum absolute atomic E-state index is 0.0310. The maximum atomic E-state index is 10.4. The van der Waals surface area contributed by atoms with Crippen LogP contribution >= 0.6 is 0 Å². The summed E-state index contributed by atoms with van der Waals surface area (Å²) >= 11 is 0. The summed E-state index contributed by atoms with van der Waals surface area (Å²) in [5, 5.41) is 13.9. The highest BCUT2D eigenvalue weighted by Gasteiger charge is 2.16. The highest BCUT2D eigenvalue weighted by atomic mass is 16.3. The lowest BCUT2D eigenvalue weighted by Gasteiger charge is -2.21. The summed E-state index contributed by atoms with van der Waals surface area (Å²) in [6.45, 7) is 2.71. The third kappa shape index (κ3) is 3.70. The van der Waals surface area contributed by atoms with Crippen LogP contribution in [0.2, 0.25) is 0 Å². The fourth-order valence-electron chi connectivity index (χ4n) is 2.72. The van der Waals surface area contributed by atoms with Crippen molar-refractivity contribution in [3.8, 4) is 5.69 Å². The predicted octanol–water partition coefficient (Wildman–Crippen LogP) is 3.69. The van der Waals surface area contributed by atoms with Gasteiger partial charge >= 0.3 is 0 Å². The molecular formula is C20H22N2O. The first-order valence-corrected chi connectivity index (χ1v) is 7.94. The van der Waals surface area contributed by atoms with Gasteiger partial charge < -0.3 is 15.0 Å². The van der Waals surface area contributed by atoms with E-state index in [4.69, 9.17) is 0 Å². The van der Waals surface area contributed by atoms with Crippen LogP contribution in [0.1, 0.15) is 24.3 Å². The van der Waals surface area contributed by atoms with Gasteiger partial charge in [0.25, 0.3) is 0 Å². The van der Waals surface area contributed by atoms with E-state index in [1.165, 1.54) is 5.69 Å². The maximum absolute atomic E-state index is 10.4. The van der Waals surface area contributed by atoms with Gasteiger partial charge in [0.15, 0.2) is 0 Å². The van der Waals surface area contributed by atoms with Gasteiger partial charge in [0, 0.05) is 30.2 Å². The Balaban J connectivity index is 1.66. The molecule has 0 radical (unpaired) electrons. The first-order valence-electron chi connectivity index (χ1n) is 7.94. The molecule has 2 N–H and O–H groups in total. The van der Waals surface area contributed by atoms with Gasteiger partial charge in [-0.05, 0) is 36.8 Å². The molecule has 0 fully saturated rings. The van der Waals surface area contributed by atoms with Crippen molar-refractivity contribution in [2.45, 2.75) is 25.6 Å². The topological polar surface area (TPSA) is 37.2 Å². The normalized spacial score (nSPS) is 13.7. The van der Waals surface area contributed by atoms with Gasteiger partial charge in [0.2, 0.25) is 0 Å². The molecule has 118 valence electrons. The zero-order valence-electron chi connectivity index (χ0n) is 13.3. The molecule has 3 rings (SSSR count). The lowest BCUT2D eigenvalue weighted by atomic mass is 10.0. The molecule has 0 saturated heterocycles. The second-order valence-electron chi connectivity index (χ2n) is 5.73. The average molecular weight is 306 g/mol. The Morgan fingerprint density at radius 1 is 0.913 bits per heavy atom. The molecule has 0 amide bonds. The SMILES string of the molecule is C[C@H](NCc1cccn1-c1ccccc1)[C@H](O)c1ccccc1. The minimum atomic E-state index is -0.517. The fraction of sp³-hybridized carbons (Fsp3) is 0.200. The number of nitrogens with one attached hydrogen (secondary N) is 1. The predicted molar refractivity (Wildman–Crippen MR) is 93.5 cm³/mol. The van der Waals surface area contributed by atoms with Crippen molar-refractivity contribution < 1.29 is 5.11 Å². The van der Waals surface area contributed by atoms with Gasteiger partial charge in [0.1, 0.15) is 0 Å². The van der Waals surface area contributed by atoms with Crippen molar-refractivity contribution in [1.82, 2.24) is 9.88 Å². The summed E-state index contributed by atoms with van der Waals surface area (Å²) in [5.74, 6) is 0. The number of rotatable bonds is 6. The summed E-state index contributed by atoms with van der Waals surface area (Å²) < 4.78 is 2.16. The lowest BCUT2D eigenvalue weighted by Crippen LogP contribution is -2.32. The van der Waals surface area contributed by atoms with E-state index < -0.39 is 6.10 Å². The van der Waals surface area contributed by atoms with E-state index in [2.05, 4.69) is 34.3 Å². The van der Waals surface area contributed by atoms with Crippen LogP contribution in [0.25, 0.3) is 5.69 Å². The molecule has 3 nitrogen and oxygen atoms in total. The molecule has 1 aromatic heterocycles. The monoisotopic (exact) mass is 306 g/mol. The largest absolute Gasteiger partial charge is 0.387 e. The highest BCUT2D eigenvalue weighted by Crippen LogP contribution is 2.17. The molecule has 2 atom stereocenters. The molecule has 0 unspecified atom stereocenters. The molecule has 0 aliphatic rings. The third-order valence-electron chi connectivity index (χ3n) is 4.09. The van der Waals surface area contributed by atoms with E-state index in [1.807, 2.05) is 61.5 Å². The van der Waals surface area contributed by atoms with Gasteiger partial charge in [-0.2, -0.15) is 0 Å². The molecule has 0 aliphatic carbocycles. The van der Waals surface area contributed by atoms with Crippen LogP contribution in [-0.4, -0.2) is 15.7 Å². The van der Waals surface area contributed by atoms with Crippen LogP contribution in [0.15, 0.2) is 79.0 Å². The van der Waals surface area contributed by atoms with E-state index in [0.29, 0.717) is 6.54 Å². The van der Waals surface area contributed by atoms with Crippen molar-refractivity contribution >= 4 is 0 Å². The lowest BCUT2D eigenvalue weighted by molar-refractivity contribution is 0.135. The third-order valence-corrected chi connectivity index (χ3v) is 4.09.